The Labute approximate surface area is 141 Å². The highest BCUT2D eigenvalue weighted by atomic mass is 32.2. The molecule has 0 bridgehead atoms. The number of anilines is 2. The number of rotatable bonds is 6. The van der Waals surface area contributed by atoms with Crippen LogP contribution in [-0.4, -0.2) is 55.9 Å². The number of benzene rings is 1. The normalized spacial score (nSPS) is 11.5. The van der Waals surface area contributed by atoms with E-state index in [2.05, 4.69) is 15.0 Å². The third kappa shape index (κ3) is 3.89. The van der Waals surface area contributed by atoms with Gasteiger partial charge in [-0.15, -0.1) is 0 Å². The van der Waals surface area contributed by atoms with Crippen LogP contribution in [0.15, 0.2) is 29.2 Å². The molecule has 0 aliphatic rings. The monoisotopic (exact) mass is 352 g/mol. The minimum Gasteiger partial charge on any atom is -0.497 e. The molecular weight excluding hydrogens is 332 g/mol. The topological polar surface area (TPSA) is 115 Å². The number of ether oxygens (including phenoxy) is 1. The highest BCUT2D eigenvalue weighted by Crippen LogP contribution is 2.19. The highest BCUT2D eigenvalue weighted by Gasteiger charge is 2.22. The van der Waals surface area contributed by atoms with Gasteiger partial charge in [0.05, 0.1) is 18.6 Å². The predicted molar refractivity (Wildman–Crippen MR) is 90.2 cm³/mol. The zero-order valence-electron chi connectivity index (χ0n) is 14.0. The third-order valence-electron chi connectivity index (χ3n) is 3.22. The molecule has 1 aromatic carbocycles. The Balaban J connectivity index is 2.26. The van der Waals surface area contributed by atoms with E-state index in [1.54, 1.807) is 31.1 Å². The summed E-state index contributed by atoms with van der Waals surface area (Å²) in [6.45, 7) is -0.0259. The summed E-state index contributed by atoms with van der Waals surface area (Å²) in [6, 6.07) is 6.15. The lowest BCUT2D eigenvalue weighted by Crippen LogP contribution is -2.28. The molecule has 2 aromatic rings. The molecule has 10 heteroatoms. The molecule has 0 saturated heterocycles. The summed E-state index contributed by atoms with van der Waals surface area (Å²) < 4.78 is 31.4. The summed E-state index contributed by atoms with van der Waals surface area (Å²) in [6.07, 6.45) is 0. The Kier molecular flexibility index (Phi) is 5.20. The molecule has 2 N–H and O–H groups in total. The van der Waals surface area contributed by atoms with Crippen LogP contribution in [-0.2, 0) is 16.6 Å². The van der Waals surface area contributed by atoms with Crippen LogP contribution in [0.3, 0.4) is 0 Å². The molecule has 0 fully saturated rings. The number of aromatic nitrogens is 3. The van der Waals surface area contributed by atoms with Crippen molar-refractivity contribution >= 4 is 21.9 Å². The van der Waals surface area contributed by atoms with Crippen molar-refractivity contribution in [2.45, 2.75) is 11.4 Å². The number of nitrogen functional groups attached to an aromatic ring is 1. The SMILES string of the molecule is COc1ccc(S(=O)(=O)N(C)Cc2nc(N)nc(N(C)C)n2)cc1. The average molecular weight is 352 g/mol. The molecule has 1 heterocycles. The highest BCUT2D eigenvalue weighted by molar-refractivity contribution is 7.89. The molecule has 2 rings (SSSR count). The van der Waals surface area contributed by atoms with Gasteiger partial charge in [0.1, 0.15) is 5.75 Å². The van der Waals surface area contributed by atoms with E-state index in [9.17, 15) is 8.42 Å². The Morgan fingerprint density at radius 1 is 1.08 bits per heavy atom. The van der Waals surface area contributed by atoms with Crippen LogP contribution in [0.2, 0.25) is 0 Å². The van der Waals surface area contributed by atoms with Crippen molar-refractivity contribution in [3.05, 3.63) is 30.1 Å². The van der Waals surface area contributed by atoms with Gasteiger partial charge in [0.2, 0.25) is 21.9 Å². The second kappa shape index (κ2) is 6.97. The largest absolute Gasteiger partial charge is 0.497 e. The number of nitrogens with zero attached hydrogens (tertiary/aromatic N) is 5. The molecule has 0 aliphatic heterocycles. The molecule has 0 unspecified atom stereocenters. The van der Waals surface area contributed by atoms with E-state index in [4.69, 9.17) is 10.5 Å². The van der Waals surface area contributed by atoms with E-state index in [0.717, 1.165) is 4.31 Å². The molecule has 0 spiro atoms. The maximum atomic E-state index is 12.6. The third-order valence-corrected chi connectivity index (χ3v) is 5.04. The Bertz CT molecular complexity index is 808. The first-order valence-corrected chi connectivity index (χ1v) is 8.46. The minimum absolute atomic E-state index is 0.0259. The van der Waals surface area contributed by atoms with Crippen LogP contribution in [0.1, 0.15) is 5.82 Å². The van der Waals surface area contributed by atoms with Gasteiger partial charge in [-0.2, -0.15) is 19.3 Å². The van der Waals surface area contributed by atoms with Crippen molar-refractivity contribution < 1.29 is 13.2 Å². The van der Waals surface area contributed by atoms with Crippen molar-refractivity contribution in [1.29, 1.82) is 0 Å². The quantitative estimate of drug-likeness (QED) is 0.792. The van der Waals surface area contributed by atoms with Gasteiger partial charge >= 0.3 is 0 Å². The summed E-state index contributed by atoms with van der Waals surface area (Å²) in [7, 11) is 2.81. The zero-order chi connectivity index (χ0) is 17.9. The van der Waals surface area contributed by atoms with E-state index in [0.29, 0.717) is 11.7 Å². The molecule has 24 heavy (non-hydrogen) atoms. The van der Waals surface area contributed by atoms with Gasteiger partial charge in [0.25, 0.3) is 0 Å². The van der Waals surface area contributed by atoms with Crippen molar-refractivity contribution in [2.24, 2.45) is 0 Å². The molecule has 0 radical (unpaired) electrons. The predicted octanol–water partition coefficient (Wildman–Crippen LogP) is 0.349. The molecule has 0 saturated carbocycles. The van der Waals surface area contributed by atoms with Crippen molar-refractivity contribution in [2.75, 3.05) is 38.9 Å². The molecule has 0 amide bonds. The molecule has 0 aliphatic carbocycles. The Morgan fingerprint density at radius 2 is 1.71 bits per heavy atom. The lowest BCUT2D eigenvalue weighted by Gasteiger charge is -2.18. The van der Waals surface area contributed by atoms with Gasteiger partial charge in [-0.05, 0) is 24.3 Å². The van der Waals surface area contributed by atoms with Crippen LogP contribution in [0.25, 0.3) is 0 Å². The maximum absolute atomic E-state index is 12.6. The fourth-order valence-corrected chi connectivity index (χ4v) is 3.03. The lowest BCUT2D eigenvalue weighted by atomic mass is 10.3. The van der Waals surface area contributed by atoms with E-state index in [-0.39, 0.29) is 23.2 Å². The summed E-state index contributed by atoms with van der Waals surface area (Å²) >= 11 is 0. The minimum atomic E-state index is -3.69. The van der Waals surface area contributed by atoms with Crippen molar-refractivity contribution in [1.82, 2.24) is 19.3 Å². The number of hydrogen-bond acceptors (Lipinski definition) is 8. The molecule has 0 atom stereocenters. The average Bonchev–Trinajstić information content (AvgIpc) is 2.54. The second-order valence-corrected chi connectivity index (χ2v) is 7.29. The lowest BCUT2D eigenvalue weighted by molar-refractivity contribution is 0.414. The molecule has 9 nitrogen and oxygen atoms in total. The van der Waals surface area contributed by atoms with Crippen LogP contribution in [0.5, 0.6) is 5.75 Å². The van der Waals surface area contributed by atoms with Gasteiger partial charge in [0.15, 0.2) is 5.82 Å². The van der Waals surface area contributed by atoms with Crippen molar-refractivity contribution in [3.63, 3.8) is 0 Å². The van der Waals surface area contributed by atoms with Gasteiger partial charge in [-0.25, -0.2) is 8.42 Å². The van der Waals surface area contributed by atoms with Crippen LogP contribution in [0.4, 0.5) is 11.9 Å². The van der Waals surface area contributed by atoms with Crippen molar-refractivity contribution in [3.8, 4) is 5.75 Å². The smallest absolute Gasteiger partial charge is 0.243 e. The fraction of sp³-hybridized carbons (Fsp3) is 0.357. The first-order valence-electron chi connectivity index (χ1n) is 7.02. The first kappa shape index (κ1) is 17.9. The van der Waals surface area contributed by atoms with Gasteiger partial charge in [-0.1, -0.05) is 0 Å². The molecular formula is C14H20N6O3S. The molecule has 1 aromatic heterocycles. The van der Waals surface area contributed by atoms with Crippen LogP contribution >= 0.6 is 0 Å². The van der Waals surface area contributed by atoms with E-state index < -0.39 is 10.0 Å². The van der Waals surface area contributed by atoms with E-state index >= 15 is 0 Å². The van der Waals surface area contributed by atoms with Crippen LogP contribution in [0, 0.1) is 0 Å². The number of hydrogen-bond donors (Lipinski definition) is 1. The zero-order valence-corrected chi connectivity index (χ0v) is 14.8. The number of sulfonamides is 1. The fourth-order valence-electron chi connectivity index (χ4n) is 1.91. The maximum Gasteiger partial charge on any atom is 0.243 e. The summed E-state index contributed by atoms with van der Waals surface area (Å²) in [5.74, 6) is 1.26. The van der Waals surface area contributed by atoms with Gasteiger partial charge < -0.3 is 15.4 Å². The van der Waals surface area contributed by atoms with E-state index in [1.165, 1.54) is 26.3 Å². The van der Waals surface area contributed by atoms with Gasteiger partial charge in [-0.3, -0.25) is 0 Å². The first-order chi connectivity index (χ1) is 11.2. The summed E-state index contributed by atoms with van der Waals surface area (Å²) in [5.41, 5.74) is 5.65. The van der Waals surface area contributed by atoms with E-state index in [1.807, 2.05) is 0 Å². The molecule has 130 valence electrons. The second-order valence-electron chi connectivity index (χ2n) is 5.24. The number of nitrogens with two attached hydrogens (primary N) is 1. The standard InChI is InChI=1S/C14H20N6O3S/c1-19(2)14-17-12(16-13(15)18-14)9-20(3)24(21,22)11-7-5-10(23-4)6-8-11/h5-8H,9H2,1-4H3,(H2,15,16,17,18). The van der Waals surface area contributed by atoms with Crippen LogP contribution < -0.4 is 15.4 Å². The Hall–Kier alpha value is -2.46. The number of methoxy groups -OCH3 is 1. The summed E-state index contributed by atoms with van der Waals surface area (Å²) in [4.78, 5) is 14.0. The summed E-state index contributed by atoms with van der Waals surface area (Å²) in [5, 5.41) is 0. The Morgan fingerprint density at radius 3 is 2.25 bits per heavy atom. The van der Waals surface area contributed by atoms with Gasteiger partial charge in [0, 0.05) is 21.1 Å².